The summed E-state index contributed by atoms with van der Waals surface area (Å²) in [5, 5.41) is 0. The number of nitrogens with zero attached hydrogens (tertiary/aromatic N) is 2. The van der Waals surface area contributed by atoms with E-state index in [2.05, 4.69) is 88.3 Å². The van der Waals surface area contributed by atoms with Crippen LogP contribution in [0, 0.1) is 0 Å². The molecule has 3 heteroatoms. The standard InChI is InChI=1S/C27H29N2O/c1-30-25-17-15-24(16-18-25)29-26(20-28-19-7-3-6-10-27(28)29)23-13-11-22(12-14-23)21-8-4-2-5-9-21/h2,4-5,8-9,11-18,26H,3,6-7,10,19-20H2,1H3/q+1. The van der Waals surface area contributed by atoms with Crippen LogP contribution < -0.4 is 9.64 Å². The largest absolute Gasteiger partial charge is 0.497 e. The zero-order chi connectivity index (χ0) is 20.3. The molecular weight excluding hydrogens is 368 g/mol. The van der Waals surface area contributed by atoms with Gasteiger partial charge in [0.05, 0.1) is 13.7 Å². The van der Waals surface area contributed by atoms with Gasteiger partial charge in [-0.1, -0.05) is 54.6 Å². The second kappa shape index (κ2) is 8.35. The van der Waals surface area contributed by atoms with Gasteiger partial charge >= 0.3 is 0 Å². The van der Waals surface area contributed by atoms with Crippen LogP contribution in [0.2, 0.25) is 0 Å². The second-order valence-corrected chi connectivity index (χ2v) is 8.24. The van der Waals surface area contributed by atoms with Crippen LogP contribution in [0.15, 0.2) is 78.9 Å². The summed E-state index contributed by atoms with van der Waals surface area (Å²) in [5.74, 6) is 2.39. The quantitative estimate of drug-likeness (QED) is 0.509. The molecule has 0 bridgehead atoms. The van der Waals surface area contributed by atoms with Crippen LogP contribution in [0.3, 0.4) is 0 Å². The molecule has 0 spiro atoms. The van der Waals surface area contributed by atoms with Crippen LogP contribution in [0.1, 0.15) is 37.3 Å². The molecule has 5 rings (SSSR count). The Kier molecular flexibility index (Phi) is 5.27. The van der Waals surface area contributed by atoms with Gasteiger partial charge in [0.2, 0.25) is 0 Å². The van der Waals surface area contributed by atoms with E-state index < -0.39 is 0 Å². The molecule has 30 heavy (non-hydrogen) atoms. The van der Waals surface area contributed by atoms with Crippen molar-refractivity contribution in [2.45, 2.75) is 31.7 Å². The Morgan fingerprint density at radius 2 is 1.53 bits per heavy atom. The summed E-state index contributed by atoms with van der Waals surface area (Å²) >= 11 is 0. The Hall–Kier alpha value is -3.07. The number of anilines is 1. The average Bonchev–Trinajstić information content (AvgIpc) is 3.02. The van der Waals surface area contributed by atoms with Gasteiger partial charge in [-0.2, -0.15) is 0 Å². The van der Waals surface area contributed by atoms with Crippen molar-refractivity contribution in [2.75, 3.05) is 25.1 Å². The third-order valence-electron chi connectivity index (χ3n) is 6.43. The first-order valence-corrected chi connectivity index (χ1v) is 11.0. The van der Waals surface area contributed by atoms with Gasteiger partial charge in [0, 0.05) is 12.0 Å². The van der Waals surface area contributed by atoms with E-state index in [0.29, 0.717) is 6.04 Å². The molecule has 0 saturated heterocycles. The lowest BCUT2D eigenvalue weighted by Gasteiger charge is -2.21. The lowest BCUT2D eigenvalue weighted by Crippen LogP contribution is -2.31. The lowest BCUT2D eigenvalue weighted by molar-refractivity contribution is -0.522. The first-order chi connectivity index (χ1) is 14.8. The van der Waals surface area contributed by atoms with Crippen LogP contribution in [-0.4, -0.2) is 30.6 Å². The molecule has 3 nitrogen and oxygen atoms in total. The summed E-state index contributed by atoms with van der Waals surface area (Å²) in [6, 6.07) is 28.7. The molecule has 1 atom stereocenters. The number of hydrogen-bond acceptors (Lipinski definition) is 2. The van der Waals surface area contributed by atoms with E-state index >= 15 is 0 Å². The highest BCUT2D eigenvalue weighted by molar-refractivity contribution is 5.96. The van der Waals surface area contributed by atoms with Crippen molar-refractivity contribution >= 4 is 11.5 Å². The molecule has 3 aromatic rings. The number of ether oxygens (including phenoxy) is 1. The Morgan fingerprint density at radius 3 is 2.27 bits per heavy atom. The maximum atomic E-state index is 5.39. The Bertz CT molecular complexity index is 1020. The average molecular weight is 398 g/mol. The first kappa shape index (κ1) is 18.9. The fourth-order valence-electron chi connectivity index (χ4n) is 4.84. The van der Waals surface area contributed by atoms with E-state index in [1.54, 1.807) is 7.11 Å². The fraction of sp³-hybridized carbons (Fsp3) is 0.296. The molecule has 0 fully saturated rings. The summed E-state index contributed by atoms with van der Waals surface area (Å²) in [6.45, 7) is 2.23. The number of amidine groups is 1. The van der Waals surface area contributed by atoms with Crippen molar-refractivity contribution in [3.63, 3.8) is 0 Å². The molecule has 152 valence electrons. The summed E-state index contributed by atoms with van der Waals surface area (Å²) in [6.07, 6.45) is 5.05. The minimum Gasteiger partial charge on any atom is -0.497 e. The summed E-state index contributed by atoms with van der Waals surface area (Å²) in [5.41, 5.74) is 5.18. The molecule has 0 amide bonds. The number of rotatable bonds is 4. The highest BCUT2D eigenvalue weighted by Gasteiger charge is 2.41. The zero-order valence-electron chi connectivity index (χ0n) is 17.6. The van der Waals surface area contributed by atoms with Crippen LogP contribution in [0.4, 0.5) is 5.69 Å². The van der Waals surface area contributed by atoms with Crippen molar-refractivity contribution in [3.05, 3.63) is 84.4 Å². The number of methoxy groups -OCH3 is 1. The van der Waals surface area contributed by atoms with E-state index in [1.807, 2.05) is 0 Å². The minimum absolute atomic E-state index is 0.344. The normalized spacial score (nSPS) is 18.8. The molecule has 1 unspecified atom stereocenters. The Labute approximate surface area is 179 Å². The summed E-state index contributed by atoms with van der Waals surface area (Å²) in [7, 11) is 1.73. The van der Waals surface area contributed by atoms with Gasteiger partial charge in [-0.25, -0.2) is 4.90 Å². The molecule has 0 saturated carbocycles. The van der Waals surface area contributed by atoms with Crippen molar-refractivity contribution in [2.24, 2.45) is 0 Å². The maximum absolute atomic E-state index is 5.39. The third-order valence-corrected chi connectivity index (χ3v) is 6.43. The molecule has 0 aliphatic carbocycles. The monoisotopic (exact) mass is 397 g/mol. The minimum atomic E-state index is 0.344. The molecule has 2 heterocycles. The van der Waals surface area contributed by atoms with E-state index in [-0.39, 0.29) is 0 Å². The predicted octanol–water partition coefficient (Wildman–Crippen LogP) is 5.91. The Balaban J connectivity index is 1.49. The molecule has 2 aliphatic heterocycles. The van der Waals surface area contributed by atoms with Gasteiger partial charge in [-0.3, -0.25) is 4.58 Å². The van der Waals surface area contributed by atoms with Crippen molar-refractivity contribution < 1.29 is 9.31 Å². The maximum Gasteiger partial charge on any atom is 0.252 e. The SMILES string of the molecule is COc1ccc(N2C3=[N+](CCCCC3)CC2c2ccc(-c3ccccc3)cc2)cc1. The number of benzene rings is 3. The second-order valence-electron chi connectivity index (χ2n) is 8.24. The number of hydrogen-bond donors (Lipinski definition) is 0. The van der Waals surface area contributed by atoms with Crippen molar-refractivity contribution in [3.8, 4) is 16.9 Å². The van der Waals surface area contributed by atoms with E-state index in [4.69, 9.17) is 4.74 Å². The van der Waals surface area contributed by atoms with Gasteiger partial charge in [-0.05, 0) is 54.7 Å². The van der Waals surface area contributed by atoms with Gasteiger partial charge in [-0.15, -0.1) is 0 Å². The predicted molar refractivity (Wildman–Crippen MR) is 124 cm³/mol. The molecule has 0 N–H and O–H groups in total. The smallest absolute Gasteiger partial charge is 0.252 e. The van der Waals surface area contributed by atoms with E-state index in [0.717, 1.165) is 18.7 Å². The van der Waals surface area contributed by atoms with Crippen molar-refractivity contribution in [1.82, 2.24) is 0 Å². The van der Waals surface area contributed by atoms with Crippen LogP contribution in [-0.2, 0) is 0 Å². The topological polar surface area (TPSA) is 15.5 Å². The van der Waals surface area contributed by atoms with Gasteiger partial charge < -0.3 is 4.74 Å². The molecule has 0 aromatic heterocycles. The molecular formula is C27H29N2O+. The third kappa shape index (κ3) is 3.60. The van der Waals surface area contributed by atoms with E-state index in [1.165, 1.54) is 54.0 Å². The molecule has 3 aromatic carbocycles. The highest BCUT2D eigenvalue weighted by Crippen LogP contribution is 2.36. The van der Waals surface area contributed by atoms with Gasteiger partial charge in [0.25, 0.3) is 5.84 Å². The van der Waals surface area contributed by atoms with E-state index in [9.17, 15) is 0 Å². The summed E-state index contributed by atoms with van der Waals surface area (Å²) < 4.78 is 8.01. The van der Waals surface area contributed by atoms with Crippen LogP contribution >= 0.6 is 0 Å². The summed E-state index contributed by atoms with van der Waals surface area (Å²) in [4.78, 5) is 2.57. The van der Waals surface area contributed by atoms with Crippen LogP contribution in [0.25, 0.3) is 11.1 Å². The molecule has 0 radical (unpaired) electrons. The van der Waals surface area contributed by atoms with Crippen LogP contribution in [0.5, 0.6) is 5.75 Å². The Morgan fingerprint density at radius 1 is 0.800 bits per heavy atom. The van der Waals surface area contributed by atoms with Gasteiger partial charge in [0.15, 0.2) is 6.04 Å². The zero-order valence-corrected chi connectivity index (χ0v) is 17.6. The van der Waals surface area contributed by atoms with Crippen molar-refractivity contribution in [1.29, 1.82) is 0 Å². The highest BCUT2D eigenvalue weighted by atomic mass is 16.5. The lowest BCUT2D eigenvalue weighted by atomic mass is 9.99. The fourth-order valence-corrected chi connectivity index (χ4v) is 4.84. The first-order valence-electron chi connectivity index (χ1n) is 11.0. The molecule has 2 aliphatic rings. The van der Waals surface area contributed by atoms with Gasteiger partial charge in [0.1, 0.15) is 18.0 Å².